The van der Waals surface area contributed by atoms with E-state index >= 15 is 0 Å². The average Bonchev–Trinajstić information content (AvgIpc) is 3.53. The Labute approximate surface area is 235 Å². The van der Waals surface area contributed by atoms with E-state index in [1.165, 1.54) is 6.42 Å². The summed E-state index contributed by atoms with van der Waals surface area (Å²) in [7, 11) is 1.88. The lowest BCUT2D eigenvalue weighted by Gasteiger charge is -2.36. The molecule has 0 radical (unpaired) electrons. The summed E-state index contributed by atoms with van der Waals surface area (Å²) in [6.45, 7) is 4.94. The summed E-state index contributed by atoms with van der Waals surface area (Å²) in [5, 5.41) is 23.6. The van der Waals surface area contributed by atoms with Crippen LogP contribution in [0.4, 0.5) is 0 Å². The second kappa shape index (κ2) is 11.0. The van der Waals surface area contributed by atoms with Crippen LogP contribution in [-0.2, 0) is 13.7 Å². The van der Waals surface area contributed by atoms with E-state index in [1.54, 1.807) is 4.68 Å². The summed E-state index contributed by atoms with van der Waals surface area (Å²) in [4.78, 5) is 15.7. The molecule has 3 heterocycles. The minimum absolute atomic E-state index is 0.0514. The molecular weight excluding hydrogens is 500 g/mol. The Morgan fingerprint density at radius 3 is 2.62 bits per heavy atom. The van der Waals surface area contributed by atoms with Gasteiger partial charge in [0.2, 0.25) is 0 Å². The first-order valence-electron chi connectivity index (χ1n) is 14.6. The van der Waals surface area contributed by atoms with E-state index in [0.29, 0.717) is 6.04 Å². The quantitative estimate of drug-likeness (QED) is 0.318. The third-order valence-corrected chi connectivity index (χ3v) is 8.57. The second-order valence-corrected chi connectivity index (χ2v) is 11.4. The summed E-state index contributed by atoms with van der Waals surface area (Å²) in [5.41, 5.74) is 7.47. The van der Waals surface area contributed by atoms with E-state index in [4.69, 9.17) is 5.10 Å². The molecule has 1 saturated heterocycles. The van der Waals surface area contributed by atoms with Crippen molar-refractivity contribution in [1.29, 1.82) is 0 Å². The van der Waals surface area contributed by atoms with Gasteiger partial charge in [0, 0.05) is 48.8 Å². The van der Waals surface area contributed by atoms with Gasteiger partial charge in [0.05, 0.1) is 29.4 Å². The summed E-state index contributed by atoms with van der Waals surface area (Å²) in [6.07, 6.45) is 8.46. The summed E-state index contributed by atoms with van der Waals surface area (Å²) in [6, 6.07) is 16.7. The lowest BCUT2D eigenvalue weighted by atomic mass is 9.96. The number of benzene rings is 2. The van der Waals surface area contributed by atoms with Crippen LogP contribution in [0.25, 0.3) is 16.8 Å². The topological polar surface area (TPSA) is 89.1 Å². The van der Waals surface area contributed by atoms with Crippen molar-refractivity contribution in [1.82, 2.24) is 29.7 Å². The van der Waals surface area contributed by atoms with Crippen molar-refractivity contribution < 1.29 is 9.90 Å². The van der Waals surface area contributed by atoms with Crippen LogP contribution in [0.3, 0.4) is 0 Å². The molecule has 8 nitrogen and oxygen atoms in total. The van der Waals surface area contributed by atoms with Crippen LogP contribution in [0, 0.1) is 6.92 Å². The number of carbonyl (C=O) groups is 1. The van der Waals surface area contributed by atoms with Crippen molar-refractivity contribution in [3.05, 3.63) is 82.9 Å². The van der Waals surface area contributed by atoms with Gasteiger partial charge in [-0.3, -0.25) is 9.48 Å². The Kier molecular flexibility index (Phi) is 7.27. The van der Waals surface area contributed by atoms with Crippen LogP contribution in [-0.4, -0.2) is 53.3 Å². The number of aliphatic hydroxyl groups is 1. The number of hydrogen-bond acceptors (Lipinski definition) is 5. The van der Waals surface area contributed by atoms with E-state index < -0.39 is 0 Å². The molecule has 1 saturated carbocycles. The summed E-state index contributed by atoms with van der Waals surface area (Å²) >= 11 is 0. The summed E-state index contributed by atoms with van der Waals surface area (Å²) < 4.78 is 3.72. The highest BCUT2D eigenvalue weighted by atomic mass is 16.3. The molecule has 2 aliphatic rings. The Balaban J connectivity index is 1.31. The molecule has 0 spiro atoms. The van der Waals surface area contributed by atoms with Crippen LogP contribution in [0.5, 0.6) is 0 Å². The summed E-state index contributed by atoms with van der Waals surface area (Å²) in [5.74, 6) is 0.633. The zero-order valence-corrected chi connectivity index (χ0v) is 23.6. The first-order valence-corrected chi connectivity index (χ1v) is 14.6. The molecule has 208 valence electrons. The zero-order chi connectivity index (χ0) is 27.8. The van der Waals surface area contributed by atoms with Gasteiger partial charge in [0.1, 0.15) is 0 Å². The maximum atomic E-state index is 13.6. The molecule has 40 heavy (non-hydrogen) atoms. The van der Waals surface area contributed by atoms with Crippen molar-refractivity contribution in [2.45, 2.75) is 76.9 Å². The fourth-order valence-corrected chi connectivity index (χ4v) is 6.43. The molecule has 2 aromatic heterocycles. The van der Waals surface area contributed by atoms with Gasteiger partial charge in [-0.1, -0.05) is 42.8 Å². The highest BCUT2D eigenvalue weighted by Gasteiger charge is 2.45. The van der Waals surface area contributed by atoms with Crippen molar-refractivity contribution in [3.8, 4) is 16.8 Å². The van der Waals surface area contributed by atoms with Crippen molar-refractivity contribution in [2.75, 3.05) is 6.54 Å². The van der Waals surface area contributed by atoms with Gasteiger partial charge < -0.3 is 10.0 Å². The van der Waals surface area contributed by atoms with Crippen LogP contribution < -0.4 is 0 Å². The Morgan fingerprint density at radius 1 is 1.07 bits per heavy atom. The largest absolute Gasteiger partial charge is 0.392 e. The van der Waals surface area contributed by atoms with Gasteiger partial charge >= 0.3 is 0 Å². The first kappa shape index (κ1) is 26.4. The maximum absolute atomic E-state index is 13.6. The Bertz CT molecular complexity index is 1520. The number of piperidine rings is 1. The molecule has 2 unspecified atom stereocenters. The van der Waals surface area contributed by atoms with Gasteiger partial charge in [-0.25, -0.2) is 4.68 Å². The monoisotopic (exact) mass is 538 g/mol. The molecule has 2 fully saturated rings. The number of amides is 1. The molecule has 4 aromatic rings. The van der Waals surface area contributed by atoms with Crippen molar-refractivity contribution in [3.63, 3.8) is 0 Å². The van der Waals surface area contributed by atoms with Crippen LogP contribution in [0.2, 0.25) is 0 Å². The molecule has 8 heteroatoms. The minimum Gasteiger partial charge on any atom is -0.392 e. The molecular formula is C32H38N6O2. The number of aliphatic hydroxyl groups excluding tert-OH is 1. The van der Waals surface area contributed by atoms with Crippen molar-refractivity contribution >= 4 is 5.91 Å². The van der Waals surface area contributed by atoms with Gasteiger partial charge in [0.25, 0.3) is 5.91 Å². The number of likely N-dealkylation sites (tertiary alicyclic amines) is 1. The number of rotatable bonds is 8. The van der Waals surface area contributed by atoms with Gasteiger partial charge in [-0.2, -0.15) is 5.10 Å². The molecule has 1 aliphatic heterocycles. The lowest BCUT2D eigenvalue weighted by molar-refractivity contribution is 0.0600. The van der Waals surface area contributed by atoms with Gasteiger partial charge in [-0.15, -0.1) is 5.10 Å². The molecule has 1 amide bonds. The van der Waals surface area contributed by atoms with E-state index in [2.05, 4.69) is 46.4 Å². The number of carbonyl (C=O) groups excluding carboxylic acids is 1. The van der Waals surface area contributed by atoms with E-state index in [1.807, 2.05) is 49.1 Å². The van der Waals surface area contributed by atoms with Crippen LogP contribution in [0.15, 0.2) is 54.7 Å². The molecule has 6 rings (SSSR count). The molecule has 1 aliphatic carbocycles. The van der Waals surface area contributed by atoms with Crippen LogP contribution in [0.1, 0.15) is 90.3 Å². The number of aryl methyl sites for hydroxylation is 2. The molecule has 1 N–H and O–H groups in total. The average molecular weight is 539 g/mol. The first-order chi connectivity index (χ1) is 19.5. The number of aromatic nitrogens is 5. The van der Waals surface area contributed by atoms with Crippen molar-refractivity contribution in [2.24, 2.45) is 7.05 Å². The highest BCUT2D eigenvalue weighted by Crippen LogP contribution is 2.55. The predicted octanol–water partition coefficient (Wildman–Crippen LogP) is 5.53. The SMILES string of the molecule is CCC[C@@H]1CCCCN1C(=O)c1cccc(-c2cccc(-n3nc(C)c(CO)c3C3CC3c3cn(C)nn3)c2)c1. The minimum atomic E-state index is -0.0514. The smallest absolute Gasteiger partial charge is 0.254 e. The second-order valence-electron chi connectivity index (χ2n) is 11.4. The third kappa shape index (κ3) is 4.96. The Morgan fingerprint density at radius 2 is 1.88 bits per heavy atom. The predicted molar refractivity (Wildman–Crippen MR) is 154 cm³/mol. The van der Waals surface area contributed by atoms with Gasteiger partial charge in [-0.05, 0) is 74.4 Å². The van der Waals surface area contributed by atoms with Gasteiger partial charge in [0.15, 0.2) is 0 Å². The standard InChI is InChI=1S/C32H38N6O2/c1-4-9-25-13-5-6-15-37(25)32(40)24-12-7-10-22(16-24)23-11-8-14-26(17-23)38-31(29(20-39)21(2)34-38)28-18-27(28)30-19-36(3)35-33-30/h7-8,10-12,14,16-17,19,25,27-28,39H,4-6,9,13,15,18,20H2,1-3H3/t25-,27?,28?/m1/s1. The van der Waals surface area contributed by atoms with Crippen LogP contribution >= 0.6 is 0 Å². The van der Waals surface area contributed by atoms with E-state index in [0.717, 1.165) is 83.7 Å². The molecule has 0 bridgehead atoms. The Hall–Kier alpha value is -3.78. The van der Waals surface area contributed by atoms with E-state index in [-0.39, 0.29) is 24.3 Å². The highest BCUT2D eigenvalue weighted by molar-refractivity contribution is 5.95. The molecule has 3 atom stereocenters. The fourth-order valence-electron chi connectivity index (χ4n) is 6.43. The maximum Gasteiger partial charge on any atom is 0.254 e. The fraction of sp³-hybridized carbons (Fsp3) is 0.438. The number of nitrogens with zero attached hydrogens (tertiary/aromatic N) is 6. The number of hydrogen-bond donors (Lipinski definition) is 1. The molecule has 2 aromatic carbocycles. The van der Waals surface area contributed by atoms with E-state index in [9.17, 15) is 9.90 Å². The normalized spacial score (nSPS) is 20.6. The zero-order valence-electron chi connectivity index (χ0n) is 23.6. The third-order valence-electron chi connectivity index (χ3n) is 8.57. The lowest BCUT2D eigenvalue weighted by Crippen LogP contribution is -2.43.